The topological polar surface area (TPSA) is 27.8 Å². The van der Waals surface area contributed by atoms with Crippen LogP contribution >= 0.6 is 11.6 Å². The van der Waals surface area contributed by atoms with Gasteiger partial charge in [-0.15, -0.1) is 0 Å². The van der Waals surface area contributed by atoms with Crippen LogP contribution in [0.4, 0.5) is 13.2 Å². The smallest absolute Gasteiger partial charge is 0.361 e. The third-order valence-corrected chi connectivity index (χ3v) is 3.87. The maximum absolute atomic E-state index is 12.8. The highest BCUT2D eigenvalue weighted by Gasteiger charge is 2.62. The van der Waals surface area contributed by atoms with Gasteiger partial charge in [-0.3, -0.25) is 5.32 Å². The van der Waals surface area contributed by atoms with E-state index in [-0.39, 0.29) is 19.4 Å². The van der Waals surface area contributed by atoms with E-state index in [4.69, 9.17) is 11.6 Å². The van der Waals surface area contributed by atoms with E-state index in [9.17, 15) is 13.2 Å². The second kappa shape index (κ2) is 4.15. The second-order valence-corrected chi connectivity index (χ2v) is 5.37. The molecule has 19 heavy (non-hydrogen) atoms. The molecule has 1 aromatic carbocycles. The summed E-state index contributed by atoms with van der Waals surface area (Å²) < 4.78 is 38.4. The summed E-state index contributed by atoms with van der Waals surface area (Å²) in [6.45, 7) is 0.196. The third kappa shape index (κ3) is 2.21. The summed E-state index contributed by atoms with van der Waals surface area (Å²) in [5.41, 5.74) is -0.0217. The van der Waals surface area contributed by atoms with Crippen molar-refractivity contribution in [1.29, 1.82) is 0 Å². The Bertz CT molecular complexity index is 614. The monoisotopic (exact) mass is 288 g/mol. The first-order valence-electron chi connectivity index (χ1n) is 5.99. The van der Waals surface area contributed by atoms with Gasteiger partial charge in [0.05, 0.1) is 0 Å². The van der Waals surface area contributed by atoms with Gasteiger partial charge in [-0.25, -0.2) is 0 Å². The number of hydrogen-bond acceptors (Lipinski definition) is 1. The highest BCUT2D eigenvalue weighted by atomic mass is 35.5. The summed E-state index contributed by atoms with van der Waals surface area (Å²) in [5.74, 6) is 0. The predicted octanol–water partition coefficient (Wildman–Crippen LogP) is 4.01. The van der Waals surface area contributed by atoms with Crippen molar-refractivity contribution in [3.8, 4) is 0 Å². The lowest BCUT2D eigenvalue weighted by Gasteiger charge is -2.20. The van der Waals surface area contributed by atoms with Crippen LogP contribution < -0.4 is 5.32 Å². The van der Waals surface area contributed by atoms with Crippen LogP contribution in [-0.2, 0) is 6.54 Å². The number of halogens is 4. The van der Waals surface area contributed by atoms with Gasteiger partial charge >= 0.3 is 6.18 Å². The lowest BCUT2D eigenvalue weighted by atomic mass is 10.1. The van der Waals surface area contributed by atoms with Gasteiger partial charge in [0.2, 0.25) is 0 Å². The number of aromatic nitrogens is 1. The molecule has 1 fully saturated rings. The average Bonchev–Trinajstić information content (AvgIpc) is 3.03. The summed E-state index contributed by atoms with van der Waals surface area (Å²) >= 11 is 5.86. The molecule has 6 heteroatoms. The second-order valence-electron chi connectivity index (χ2n) is 4.94. The molecule has 3 rings (SSSR count). The van der Waals surface area contributed by atoms with Gasteiger partial charge in [0.15, 0.2) is 0 Å². The fraction of sp³-hybridized carbons (Fsp3) is 0.385. The predicted molar refractivity (Wildman–Crippen MR) is 68.2 cm³/mol. The largest absolute Gasteiger partial charge is 0.406 e. The van der Waals surface area contributed by atoms with Gasteiger partial charge in [-0.2, -0.15) is 13.2 Å². The van der Waals surface area contributed by atoms with E-state index < -0.39 is 11.7 Å². The van der Waals surface area contributed by atoms with E-state index in [0.717, 1.165) is 16.5 Å². The first kappa shape index (κ1) is 12.8. The summed E-state index contributed by atoms with van der Waals surface area (Å²) in [7, 11) is 0. The number of nitrogens with one attached hydrogen (secondary N) is 2. The Kier molecular flexibility index (Phi) is 2.80. The number of alkyl halides is 3. The summed E-state index contributed by atoms with van der Waals surface area (Å²) in [4.78, 5) is 3.02. The number of fused-ring (bicyclic) bond motifs is 1. The minimum Gasteiger partial charge on any atom is -0.361 e. The van der Waals surface area contributed by atoms with E-state index >= 15 is 0 Å². The molecule has 1 heterocycles. The highest BCUT2D eigenvalue weighted by Crippen LogP contribution is 2.49. The van der Waals surface area contributed by atoms with Gasteiger partial charge in [0, 0.05) is 28.7 Å². The molecule has 0 spiro atoms. The Morgan fingerprint density at radius 2 is 2.05 bits per heavy atom. The van der Waals surface area contributed by atoms with Crippen LogP contribution in [0.3, 0.4) is 0 Å². The quantitative estimate of drug-likeness (QED) is 0.877. The zero-order chi connectivity index (χ0) is 13.7. The van der Waals surface area contributed by atoms with E-state index in [1.807, 2.05) is 6.07 Å². The zero-order valence-electron chi connectivity index (χ0n) is 9.94. The van der Waals surface area contributed by atoms with Crippen LogP contribution in [0, 0.1) is 0 Å². The minimum atomic E-state index is -4.18. The van der Waals surface area contributed by atoms with Crippen LogP contribution in [0.2, 0.25) is 5.02 Å². The first-order chi connectivity index (χ1) is 8.91. The molecule has 0 aliphatic heterocycles. The van der Waals surface area contributed by atoms with E-state index in [1.54, 1.807) is 18.3 Å². The van der Waals surface area contributed by atoms with Gasteiger partial charge in [-0.1, -0.05) is 17.7 Å². The van der Waals surface area contributed by atoms with Crippen molar-refractivity contribution >= 4 is 22.5 Å². The van der Waals surface area contributed by atoms with Crippen LogP contribution in [0.1, 0.15) is 18.4 Å². The molecule has 0 radical (unpaired) electrons. The molecule has 1 aromatic heterocycles. The molecular formula is C13H12ClF3N2. The normalized spacial score (nSPS) is 17.9. The maximum Gasteiger partial charge on any atom is 0.406 e. The van der Waals surface area contributed by atoms with Crippen molar-refractivity contribution in [2.75, 3.05) is 0 Å². The zero-order valence-corrected chi connectivity index (χ0v) is 10.7. The Morgan fingerprint density at radius 1 is 1.32 bits per heavy atom. The number of hydrogen-bond donors (Lipinski definition) is 2. The van der Waals surface area contributed by atoms with Gasteiger partial charge in [0.1, 0.15) is 5.54 Å². The number of H-pyrrole nitrogens is 1. The van der Waals surface area contributed by atoms with Crippen LogP contribution in [-0.4, -0.2) is 16.7 Å². The Balaban J connectivity index is 1.80. The fourth-order valence-electron chi connectivity index (χ4n) is 2.25. The molecule has 102 valence electrons. The van der Waals surface area contributed by atoms with E-state index in [2.05, 4.69) is 10.3 Å². The van der Waals surface area contributed by atoms with Crippen molar-refractivity contribution in [2.45, 2.75) is 31.1 Å². The third-order valence-electron chi connectivity index (χ3n) is 3.64. The summed E-state index contributed by atoms with van der Waals surface area (Å²) in [6, 6.07) is 5.31. The van der Waals surface area contributed by atoms with Crippen molar-refractivity contribution < 1.29 is 13.2 Å². The first-order valence-corrected chi connectivity index (χ1v) is 6.36. The molecule has 1 aliphatic carbocycles. The highest BCUT2D eigenvalue weighted by molar-refractivity contribution is 6.31. The molecule has 2 aromatic rings. The molecule has 0 unspecified atom stereocenters. The Labute approximate surface area is 112 Å². The molecule has 0 atom stereocenters. The number of benzene rings is 1. The SMILES string of the molecule is FC(F)(F)C1(NCc2c[nH]c3cc(Cl)ccc23)CC1. The number of rotatable bonds is 3. The summed E-state index contributed by atoms with van der Waals surface area (Å²) in [6.07, 6.45) is -2.14. The lowest BCUT2D eigenvalue weighted by molar-refractivity contribution is -0.166. The lowest BCUT2D eigenvalue weighted by Crippen LogP contribution is -2.44. The average molecular weight is 289 g/mol. The van der Waals surface area contributed by atoms with Crippen LogP contribution in [0.5, 0.6) is 0 Å². The van der Waals surface area contributed by atoms with Crippen molar-refractivity contribution in [3.05, 3.63) is 35.0 Å². The van der Waals surface area contributed by atoms with E-state index in [1.165, 1.54) is 0 Å². The Morgan fingerprint density at radius 3 is 2.68 bits per heavy atom. The van der Waals surface area contributed by atoms with Crippen molar-refractivity contribution in [2.24, 2.45) is 0 Å². The van der Waals surface area contributed by atoms with E-state index in [0.29, 0.717) is 5.02 Å². The fourth-order valence-corrected chi connectivity index (χ4v) is 2.43. The molecule has 2 N–H and O–H groups in total. The van der Waals surface area contributed by atoms with Crippen molar-refractivity contribution in [1.82, 2.24) is 10.3 Å². The van der Waals surface area contributed by atoms with Gasteiger partial charge in [-0.05, 0) is 30.5 Å². The van der Waals surface area contributed by atoms with Gasteiger partial charge in [0.25, 0.3) is 0 Å². The molecule has 0 bridgehead atoms. The molecule has 2 nitrogen and oxygen atoms in total. The Hall–Kier alpha value is -1.20. The summed E-state index contributed by atoms with van der Waals surface area (Å²) in [5, 5.41) is 4.14. The van der Waals surface area contributed by atoms with Crippen LogP contribution in [0.15, 0.2) is 24.4 Å². The standard InChI is InChI=1S/C13H12ClF3N2/c14-9-1-2-10-8(6-18-11(10)5-9)7-19-12(3-4-12)13(15,16)17/h1-2,5-6,18-19H,3-4,7H2. The minimum absolute atomic E-state index is 0.157. The number of aromatic amines is 1. The van der Waals surface area contributed by atoms with Crippen LogP contribution in [0.25, 0.3) is 10.9 Å². The maximum atomic E-state index is 12.8. The molecule has 1 saturated carbocycles. The molecule has 0 saturated heterocycles. The van der Waals surface area contributed by atoms with Crippen molar-refractivity contribution in [3.63, 3.8) is 0 Å². The molecular weight excluding hydrogens is 277 g/mol. The molecule has 1 aliphatic rings. The van der Waals surface area contributed by atoms with Gasteiger partial charge < -0.3 is 4.98 Å². The molecule has 0 amide bonds.